The predicted molar refractivity (Wildman–Crippen MR) is 91.7 cm³/mol. The number of hydrogen-bond acceptors (Lipinski definition) is 6. The highest BCUT2D eigenvalue weighted by atomic mass is 16.5. The molecule has 5 rings (SSSR count). The molecule has 2 aliphatic heterocycles. The van der Waals surface area contributed by atoms with E-state index in [1.54, 1.807) is 30.5 Å². The zero-order chi connectivity index (χ0) is 17.9. The highest BCUT2D eigenvalue weighted by molar-refractivity contribution is 6.35. The van der Waals surface area contributed by atoms with Gasteiger partial charge in [-0.15, -0.1) is 0 Å². The molecule has 2 aromatic carbocycles. The van der Waals surface area contributed by atoms with E-state index in [1.807, 2.05) is 24.3 Å². The molecule has 1 unspecified atom stereocenters. The van der Waals surface area contributed by atoms with Gasteiger partial charge in [0.1, 0.15) is 0 Å². The molecule has 2 aromatic rings. The molecule has 2 heterocycles. The lowest BCUT2D eigenvalue weighted by atomic mass is 9.87. The lowest BCUT2D eigenvalue weighted by molar-refractivity contribution is -0.121. The minimum absolute atomic E-state index is 0.0449. The van der Waals surface area contributed by atoms with Gasteiger partial charge >= 0.3 is 0 Å². The van der Waals surface area contributed by atoms with Crippen molar-refractivity contribution < 1.29 is 19.1 Å². The van der Waals surface area contributed by atoms with Crippen LogP contribution < -0.4 is 0 Å². The van der Waals surface area contributed by atoms with Crippen molar-refractivity contribution in [2.45, 2.75) is 11.8 Å². The molecule has 1 spiro atoms. The minimum atomic E-state index is -1.95. The Labute approximate surface area is 148 Å². The van der Waals surface area contributed by atoms with Gasteiger partial charge in [0.2, 0.25) is 17.2 Å². The van der Waals surface area contributed by atoms with Gasteiger partial charge < -0.3 is 4.74 Å². The van der Waals surface area contributed by atoms with Crippen LogP contribution in [0.3, 0.4) is 0 Å². The first-order valence-electron chi connectivity index (χ1n) is 8.12. The van der Waals surface area contributed by atoms with Crippen LogP contribution in [0.15, 0.2) is 65.4 Å². The number of aldehydes is 1. The molecular formula is C20H12N2O4. The maximum atomic E-state index is 13.1. The minimum Gasteiger partial charge on any atom is -0.324 e. The van der Waals surface area contributed by atoms with E-state index in [2.05, 4.69) is 5.10 Å². The van der Waals surface area contributed by atoms with Crippen molar-refractivity contribution in [2.24, 2.45) is 5.10 Å². The summed E-state index contributed by atoms with van der Waals surface area (Å²) in [5.74, 6) is -1.02. The van der Waals surface area contributed by atoms with E-state index >= 15 is 0 Å². The zero-order valence-electron chi connectivity index (χ0n) is 13.5. The number of fused-ring (bicyclic) bond motifs is 4. The van der Waals surface area contributed by atoms with Gasteiger partial charge in [0.25, 0.3) is 0 Å². The first kappa shape index (κ1) is 14.9. The fourth-order valence-corrected chi connectivity index (χ4v) is 3.72. The summed E-state index contributed by atoms with van der Waals surface area (Å²) in [6.07, 6.45) is 2.81. The van der Waals surface area contributed by atoms with Crippen molar-refractivity contribution in [1.29, 1.82) is 0 Å². The van der Waals surface area contributed by atoms with Gasteiger partial charge in [-0.05, 0) is 0 Å². The van der Waals surface area contributed by atoms with Crippen molar-refractivity contribution in [2.75, 3.05) is 0 Å². The van der Waals surface area contributed by atoms with Crippen LogP contribution in [0, 0.1) is 0 Å². The highest BCUT2D eigenvalue weighted by Gasteiger charge is 2.60. The third-order valence-electron chi connectivity index (χ3n) is 4.98. The van der Waals surface area contributed by atoms with Gasteiger partial charge in [0.15, 0.2) is 12.5 Å². The summed E-state index contributed by atoms with van der Waals surface area (Å²) in [5.41, 5.74) is 0.156. The largest absolute Gasteiger partial charge is 0.324 e. The molecule has 26 heavy (non-hydrogen) atoms. The summed E-state index contributed by atoms with van der Waals surface area (Å²) < 4.78 is 6.09. The van der Waals surface area contributed by atoms with Crippen LogP contribution in [0.4, 0.5) is 0 Å². The number of ketones is 2. The lowest BCUT2D eigenvalue weighted by Crippen LogP contribution is -2.52. The Morgan fingerprint density at radius 2 is 1.65 bits per heavy atom. The van der Waals surface area contributed by atoms with Crippen molar-refractivity contribution in [3.63, 3.8) is 0 Å². The number of carbonyl (C=O) groups is 3. The van der Waals surface area contributed by atoms with E-state index < -0.39 is 23.4 Å². The van der Waals surface area contributed by atoms with Crippen LogP contribution in [-0.4, -0.2) is 34.7 Å². The highest BCUT2D eigenvalue weighted by Crippen LogP contribution is 2.46. The molecule has 0 saturated heterocycles. The Bertz CT molecular complexity index is 1020. The van der Waals surface area contributed by atoms with Gasteiger partial charge in [-0.25, -0.2) is 5.01 Å². The Kier molecular flexibility index (Phi) is 2.90. The lowest BCUT2D eigenvalue weighted by Gasteiger charge is -2.41. The van der Waals surface area contributed by atoms with Crippen molar-refractivity contribution >= 4 is 24.1 Å². The molecule has 3 aliphatic rings. The Hall–Kier alpha value is -3.38. The van der Waals surface area contributed by atoms with Crippen LogP contribution in [0.25, 0.3) is 0 Å². The van der Waals surface area contributed by atoms with Gasteiger partial charge in [-0.3, -0.25) is 14.4 Å². The molecule has 126 valence electrons. The number of Topliss-reactive ketones (excluding diaryl/α,β-unsaturated/α-hetero) is 2. The van der Waals surface area contributed by atoms with E-state index in [0.29, 0.717) is 6.29 Å². The number of benzene rings is 2. The number of carbonyl (C=O) groups excluding carboxylic acids is 3. The second-order valence-corrected chi connectivity index (χ2v) is 6.31. The fourth-order valence-electron chi connectivity index (χ4n) is 3.72. The van der Waals surface area contributed by atoms with Gasteiger partial charge in [0, 0.05) is 28.5 Å². The normalized spacial score (nSPS) is 21.9. The first-order valence-corrected chi connectivity index (χ1v) is 8.12. The Balaban J connectivity index is 1.72. The Morgan fingerprint density at radius 3 is 2.35 bits per heavy atom. The molecule has 1 aliphatic carbocycles. The van der Waals surface area contributed by atoms with Crippen LogP contribution in [0.2, 0.25) is 0 Å². The standard InChI is InChI=1S/C20H12N2O4/c23-11-13-10-22-19(14-6-2-1-5-12(14)9-21-22)26-20(13)17(24)15-7-3-4-8-16(15)18(20)25/h1-11,19H. The summed E-state index contributed by atoms with van der Waals surface area (Å²) in [7, 11) is 0. The van der Waals surface area contributed by atoms with Crippen molar-refractivity contribution in [1.82, 2.24) is 5.01 Å². The van der Waals surface area contributed by atoms with Crippen molar-refractivity contribution in [3.05, 3.63) is 82.6 Å². The quantitative estimate of drug-likeness (QED) is 0.586. The second kappa shape index (κ2) is 5.06. The molecule has 0 aromatic heterocycles. The summed E-state index contributed by atoms with van der Waals surface area (Å²) in [6, 6.07) is 14.0. The number of hydrogen-bond donors (Lipinski definition) is 0. The van der Waals surface area contributed by atoms with E-state index in [-0.39, 0.29) is 16.7 Å². The molecule has 0 saturated carbocycles. The number of ether oxygens (including phenoxy) is 1. The molecule has 6 nitrogen and oxygen atoms in total. The van der Waals surface area contributed by atoms with E-state index in [9.17, 15) is 14.4 Å². The maximum Gasteiger partial charge on any atom is 0.226 e. The smallest absolute Gasteiger partial charge is 0.226 e. The number of nitrogens with zero attached hydrogens (tertiary/aromatic N) is 2. The Morgan fingerprint density at radius 1 is 1.00 bits per heavy atom. The molecule has 0 bridgehead atoms. The van der Waals surface area contributed by atoms with E-state index in [4.69, 9.17) is 4.74 Å². The summed E-state index contributed by atoms with van der Waals surface area (Å²) >= 11 is 0. The zero-order valence-corrected chi connectivity index (χ0v) is 13.5. The van der Waals surface area contributed by atoms with Gasteiger partial charge in [0.05, 0.1) is 11.8 Å². The monoisotopic (exact) mass is 344 g/mol. The van der Waals surface area contributed by atoms with Gasteiger partial charge in [-0.2, -0.15) is 5.10 Å². The number of hydrazone groups is 1. The molecular weight excluding hydrogens is 332 g/mol. The van der Waals surface area contributed by atoms with Gasteiger partial charge in [-0.1, -0.05) is 48.5 Å². The third-order valence-corrected chi connectivity index (χ3v) is 4.98. The molecule has 0 N–H and O–H groups in total. The summed E-state index contributed by atoms with van der Waals surface area (Å²) in [6.45, 7) is 0. The molecule has 0 radical (unpaired) electrons. The van der Waals surface area contributed by atoms with Crippen LogP contribution in [-0.2, 0) is 9.53 Å². The summed E-state index contributed by atoms with van der Waals surface area (Å²) in [5, 5.41) is 5.73. The fraction of sp³-hybridized carbons (Fsp3) is 0.100. The van der Waals surface area contributed by atoms with Crippen LogP contribution >= 0.6 is 0 Å². The topological polar surface area (TPSA) is 76.0 Å². The predicted octanol–water partition coefficient (Wildman–Crippen LogP) is 2.27. The molecule has 6 heteroatoms. The van der Waals surface area contributed by atoms with E-state index in [0.717, 1.165) is 11.1 Å². The average Bonchev–Trinajstić information content (AvgIpc) is 2.90. The average molecular weight is 344 g/mol. The van der Waals surface area contributed by atoms with Crippen LogP contribution in [0.1, 0.15) is 38.1 Å². The van der Waals surface area contributed by atoms with Crippen LogP contribution in [0.5, 0.6) is 0 Å². The van der Waals surface area contributed by atoms with Crippen molar-refractivity contribution in [3.8, 4) is 0 Å². The third kappa shape index (κ3) is 1.69. The van der Waals surface area contributed by atoms with E-state index in [1.165, 1.54) is 11.2 Å². The SMILES string of the molecule is O=CC1=CN2N=Cc3ccccc3C2OC12C(=O)c1ccccc1C2=O. The molecule has 0 amide bonds. The molecule has 1 atom stereocenters. The summed E-state index contributed by atoms with van der Waals surface area (Å²) in [4.78, 5) is 38.0. The first-order chi connectivity index (χ1) is 12.7. The maximum absolute atomic E-state index is 13.1. The second-order valence-electron chi connectivity index (χ2n) is 6.31. The number of rotatable bonds is 1. The molecule has 0 fully saturated rings.